The summed E-state index contributed by atoms with van der Waals surface area (Å²) in [6.07, 6.45) is 0. The van der Waals surface area contributed by atoms with Crippen LogP contribution in [-0.2, 0) is 4.74 Å². The summed E-state index contributed by atoms with van der Waals surface area (Å²) in [6, 6.07) is 7.63. The van der Waals surface area contributed by atoms with Gasteiger partial charge in [0.15, 0.2) is 11.5 Å². The van der Waals surface area contributed by atoms with Crippen LogP contribution in [0.1, 0.15) is 0 Å². The first-order valence-corrected chi connectivity index (χ1v) is 5.34. The smallest absolute Gasteiger partial charge is 0.161 e. The van der Waals surface area contributed by atoms with Gasteiger partial charge in [0.25, 0.3) is 0 Å². The van der Waals surface area contributed by atoms with Crippen LogP contribution in [0.25, 0.3) is 0 Å². The van der Waals surface area contributed by atoms with Crippen LogP contribution in [-0.4, -0.2) is 40.5 Å². The van der Waals surface area contributed by atoms with Gasteiger partial charge >= 0.3 is 0 Å². The second-order valence-corrected chi connectivity index (χ2v) is 3.24. The molecule has 0 aromatic heterocycles. The van der Waals surface area contributed by atoms with E-state index in [0.29, 0.717) is 13.2 Å². The molecule has 1 N–H and O–H groups in total. The Hall–Kier alpha value is -1.26. The number of nitrogens with one attached hydrogen (secondary N) is 1. The molecule has 0 amide bonds. The zero-order valence-corrected chi connectivity index (χ0v) is 9.86. The molecule has 0 fully saturated rings. The van der Waals surface area contributed by atoms with Gasteiger partial charge < -0.3 is 19.5 Å². The molecule has 1 aromatic carbocycles. The first-order valence-electron chi connectivity index (χ1n) is 5.34. The zero-order chi connectivity index (χ0) is 11.6. The summed E-state index contributed by atoms with van der Waals surface area (Å²) >= 11 is 0. The highest BCUT2D eigenvalue weighted by Crippen LogP contribution is 2.25. The Balaban J connectivity index is 2.21. The Kier molecular flexibility index (Phi) is 6.37. The van der Waals surface area contributed by atoms with Gasteiger partial charge in [-0.05, 0) is 12.1 Å². The zero-order valence-electron chi connectivity index (χ0n) is 9.86. The van der Waals surface area contributed by atoms with Crippen LogP contribution >= 0.6 is 0 Å². The van der Waals surface area contributed by atoms with Gasteiger partial charge in [0.05, 0.1) is 13.7 Å². The van der Waals surface area contributed by atoms with Crippen LogP contribution in [0, 0.1) is 0 Å². The number of para-hydroxylation sites is 2. The standard InChI is InChI=1S/C12H19NO3/c1-14-9-7-13-8-10-16-12-6-4-3-5-11(12)15-2/h3-6,13H,7-10H2,1-2H3. The minimum Gasteiger partial charge on any atom is -0.493 e. The van der Waals surface area contributed by atoms with Crippen molar-refractivity contribution in [3.8, 4) is 11.5 Å². The van der Waals surface area contributed by atoms with E-state index in [2.05, 4.69) is 5.32 Å². The normalized spacial score (nSPS) is 10.1. The fourth-order valence-corrected chi connectivity index (χ4v) is 1.27. The van der Waals surface area contributed by atoms with Gasteiger partial charge in [0, 0.05) is 20.2 Å². The van der Waals surface area contributed by atoms with Crippen molar-refractivity contribution in [1.82, 2.24) is 5.32 Å². The lowest BCUT2D eigenvalue weighted by atomic mass is 10.3. The molecule has 16 heavy (non-hydrogen) atoms. The lowest BCUT2D eigenvalue weighted by Gasteiger charge is -2.10. The predicted molar refractivity (Wildman–Crippen MR) is 63.2 cm³/mol. The van der Waals surface area contributed by atoms with E-state index in [1.54, 1.807) is 14.2 Å². The molecule has 0 unspecified atom stereocenters. The lowest BCUT2D eigenvalue weighted by Crippen LogP contribution is -2.24. The van der Waals surface area contributed by atoms with E-state index in [-0.39, 0.29) is 0 Å². The fourth-order valence-electron chi connectivity index (χ4n) is 1.27. The van der Waals surface area contributed by atoms with Crippen molar-refractivity contribution >= 4 is 0 Å². The largest absolute Gasteiger partial charge is 0.493 e. The van der Waals surface area contributed by atoms with Crippen molar-refractivity contribution < 1.29 is 14.2 Å². The molecule has 0 aliphatic rings. The van der Waals surface area contributed by atoms with Crippen LogP contribution < -0.4 is 14.8 Å². The van der Waals surface area contributed by atoms with Gasteiger partial charge in [0.1, 0.15) is 6.61 Å². The van der Waals surface area contributed by atoms with Gasteiger partial charge in [0.2, 0.25) is 0 Å². The van der Waals surface area contributed by atoms with Crippen LogP contribution in [0.3, 0.4) is 0 Å². The highest BCUT2D eigenvalue weighted by molar-refractivity contribution is 5.39. The van der Waals surface area contributed by atoms with E-state index in [1.807, 2.05) is 24.3 Å². The molecule has 1 rings (SSSR count). The fraction of sp³-hybridized carbons (Fsp3) is 0.500. The average Bonchev–Trinajstić information content (AvgIpc) is 2.34. The van der Waals surface area contributed by atoms with Crippen molar-refractivity contribution in [1.29, 1.82) is 0 Å². The molecule has 0 aliphatic carbocycles. The monoisotopic (exact) mass is 225 g/mol. The maximum Gasteiger partial charge on any atom is 0.161 e. The molecule has 0 saturated heterocycles. The van der Waals surface area contributed by atoms with Crippen molar-refractivity contribution in [2.45, 2.75) is 0 Å². The lowest BCUT2D eigenvalue weighted by molar-refractivity contribution is 0.196. The molecule has 4 heteroatoms. The molecule has 0 aliphatic heterocycles. The average molecular weight is 225 g/mol. The first-order chi connectivity index (χ1) is 7.88. The second kappa shape index (κ2) is 7.96. The molecular weight excluding hydrogens is 206 g/mol. The molecule has 1 aromatic rings. The molecule has 90 valence electrons. The van der Waals surface area contributed by atoms with E-state index in [9.17, 15) is 0 Å². The summed E-state index contributed by atoms with van der Waals surface area (Å²) < 4.78 is 15.7. The van der Waals surface area contributed by atoms with Crippen molar-refractivity contribution in [3.05, 3.63) is 24.3 Å². The molecule has 0 spiro atoms. The van der Waals surface area contributed by atoms with Gasteiger partial charge in [-0.25, -0.2) is 0 Å². The van der Waals surface area contributed by atoms with Crippen LogP contribution in [0.2, 0.25) is 0 Å². The van der Waals surface area contributed by atoms with E-state index in [4.69, 9.17) is 14.2 Å². The van der Waals surface area contributed by atoms with Crippen LogP contribution in [0.5, 0.6) is 11.5 Å². The molecule has 0 saturated carbocycles. The maximum absolute atomic E-state index is 5.58. The van der Waals surface area contributed by atoms with Crippen LogP contribution in [0.15, 0.2) is 24.3 Å². The van der Waals surface area contributed by atoms with Crippen molar-refractivity contribution in [2.75, 3.05) is 40.5 Å². The summed E-state index contributed by atoms with van der Waals surface area (Å²) in [7, 11) is 3.33. The molecule has 4 nitrogen and oxygen atoms in total. The number of benzene rings is 1. The minimum atomic E-state index is 0.615. The minimum absolute atomic E-state index is 0.615. The Bertz CT molecular complexity index is 291. The van der Waals surface area contributed by atoms with Crippen LogP contribution in [0.4, 0.5) is 0 Å². The number of ether oxygens (including phenoxy) is 3. The third-order valence-electron chi connectivity index (χ3n) is 2.09. The third kappa shape index (κ3) is 4.51. The van der Waals surface area contributed by atoms with Gasteiger partial charge in [-0.15, -0.1) is 0 Å². The second-order valence-electron chi connectivity index (χ2n) is 3.24. The predicted octanol–water partition coefficient (Wildman–Crippen LogP) is 1.31. The topological polar surface area (TPSA) is 39.7 Å². The molecule has 0 heterocycles. The molecule has 0 bridgehead atoms. The van der Waals surface area contributed by atoms with E-state index >= 15 is 0 Å². The van der Waals surface area contributed by atoms with Gasteiger partial charge in [-0.1, -0.05) is 12.1 Å². The maximum atomic E-state index is 5.58. The number of rotatable bonds is 8. The van der Waals surface area contributed by atoms with E-state index < -0.39 is 0 Å². The number of methoxy groups -OCH3 is 2. The highest BCUT2D eigenvalue weighted by atomic mass is 16.5. The van der Waals surface area contributed by atoms with Crippen molar-refractivity contribution in [3.63, 3.8) is 0 Å². The third-order valence-corrected chi connectivity index (χ3v) is 2.09. The molecule has 0 atom stereocenters. The highest BCUT2D eigenvalue weighted by Gasteiger charge is 2.01. The summed E-state index contributed by atoms with van der Waals surface area (Å²) in [5, 5.41) is 3.20. The first kappa shape index (κ1) is 12.8. The quantitative estimate of drug-likeness (QED) is 0.677. The Morgan fingerprint density at radius 1 is 1.00 bits per heavy atom. The van der Waals surface area contributed by atoms with Gasteiger partial charge in [-0.2, -0.15) is 0 Å². The Morgan fingerprint density at radius 2 is 1.69 bits per heavy atom. The summed E-state index contributed by atoms with van der Waals surface area (Å²) in [5.41, 5.74) is 0. The summed E-state index contributed by atoms with van der Waals surface area (Å²) in [4.78, 5) is 0. The Morgan fingerprint density at radius 3 is 2.38 bits per heavy atom. The van der Waals surface area contributed by atoms with E-state index in [0.717, 1.165) is 24.6 Å². The summed E-state index contributed by atoms with van der Waals surface area (Å²) in [6.45, 7) is 2.96. The number of hydrogen-bond donors (Lipinski definition) is 1. The Labute approximate surface area is 96.5 Å². The SMILES string of the molecule is COCCNCCOc1ccccc1OC. The summed E-state index contributed by atoms with van der Waals surface area (Å²) in [5.74, 6) is 1.54. The molecule has 0 radical (unpaired) electrons. The van der Waals surface area contributed by atoms with Crippen molar-refractivity contribution in [2.24, 2.45) is 0 Å². The number of hydrogen-bond acceptors (Lipinski definition) is 4. The van der Waals surface area contributed by atoms with E-state index in [1.165, 1.54) is 0 Å². The molecular formula is C12H19NO3. The van der Waals surface area contributed by atoms with Gasteiger partial charge in [-0.3, -0.25) is 0 Å².